The van der Waals surface area contributed by atoms with E-state index >= 15 is 0 Å². The number of aliphatic hydroxyl groups is 2. The second-order valence-electron chi connectivity index (χ2n) is 26.7. The summed E-state index contributed by atoms with van der Waals surface area (Å²) >= 11 is 0. The number of unbranched alkanes of at least 4 members (excludes halogenated alkanes) is 60. The van der Waals surface area contributed by atoms with Crippen LogP contribution in [0.3, 0.4) is 0 Å². The van der Waals surface area contributed by atoms with E-state index in [1.165, 1.54) is 366 Å². The van der Waals surface area contributed by atoms with Crippen LogP contribution in [0, 0.1) is 0 Å². The van der Waals surface area contributed by atoms with E-state index in [9.17, 15) is 19.8 Å². The number of rotatable bonds is 73. The van der Waals surface area contributed by atoms with Crippen LogP contribution in [0.1, 0.15) is 444 Å². The first kappa shape index (κ1) is 81.6. The molecule has 0 spiro atoms. The molecule has 6 heteroatoms. The van der Waals surface area contributed by atoms with E-state index in [1.807, 2.05) is 0 Å². The van der Waals surface area contributed by atoms with Crippen molar-refractivity contribution in [1.82, 2.24) is 5.32 Å². The van der Waals surface area contributed by atoms with Gasteiger partial charge in [0.2, 0.25) is 5.91 Å². The summed E-state index contributed by atoms with van der Waals surface area (Å²) in [5.74, 6) is -0.0149. The van der Waals surface area contributed by atoms with Crippen LogP contribution in [0.15, 0.2) is 12.2 Å². The number of carbonyl (C=O) groups excluding carboxylic acids is 2. The minimum absolute atomic E-state index is 0.0115. The molecule has 2 unspecified atom stereocenters. The maximum absolute atomic E-state index is 12.6. The standard InChI is InChI=1S/C77H151NO5/c1-3-5-7-9-11-13-15-17-19-20-21-22-23-29-32-35-38-42-45-49-53-57-61-65-69-75(80)74(73-79)78-76(81)70-66-62-58-54-50-46-43-39-36-33-30-27-25-24-26-28-31-34-37-40-44-48-52-56-60-64-68-72-83-77(82)71-67-63-59-55-51-47-41-18-16-14-12-10-8-6-4-2/h18,41,74-75,79-80H,3-17,19-40,42-73H2,1-2H3,(H,78,81)/b41-18-. The van der Waals surface area contributed by atoms with Crippen LogP contribution < -0.4 is 5.32 Å². The van der Waals surface area contributed by atoms with Crippen molar-refractivity contribution < 1.29 is 24.5 Å². The van der Waals surface area contributed by atoms with Crippen molar-refractivity contribution in [2.75, 3.05) is 13.2 Å². The molecule has 0 aromatic rings. The fourth-order valence-corrected chi connectivity index (χ4v) is 12.5. The fourth-order valence-electron chi connectivity index (χ4n) is 12.5. The van der Waals surface area contributed by atoms with Gasteiger partial charge in [0, 0.05) is 12.8 Å². The summed E-state index contributed by atoms with van der Waals surface area (Å²) in [6.07, 6.45) is 91.4. The number of hydrogen-bond donors (Lipinski definition) is 3. The summed E-state index contributed by atoms with van der Waals surface area (Å²) in [5.41, 5.74) is 0. The van der Waals surface area contributed by atoms with Crippen molar-refractivity contribution in [3.8, 4) is 0 Å². The molecule has 0 aromatic carbocycles. The predicted molar refractivity (Wildman–Crippen MR) is 366 cm³/mol. The van der Waals surface area contributed by atoms with Crippen molar-refractivity contribution >= 4 is 11.9 Å². The number of aliphatic hydroxyl groups excluding tert-OH is 2. The van der Waals surface area contributed by atoms with Gasteiger partial charge in [0.15, 0.2) is 0 Å². The Hall–Kier alpha value is -1.40. The van der Waals surface area contributed by atoms with Crippen molar-refractivity contribution in [2.45, 2.75) is 456 Å². The molecule has 3 N–H and O–H groups in total. The van der Waals surface area contributed by atoms with Crippen molar-refractivity contribution in [3.05, 3.63) is 12.2 Å². The van der Waals surface area contributed by atoms with Gasteiger partial charge in [-0.05, 0) is 51.4 Å². The van der Waals surface area contributed by atoms with Gasteiger partial charge in [-0.3, -0.25) is 9.59 Å². The highest BCUT2D eigenvalue weighted by atomic mass is 16.5. The Morgan fingerprint density at radius 2 is 0.566 bits per heavy atom. The first-order chi connectivity index (χ1) is 41.0. The average molecular weight is 1170 g/mol. The molecule has 0 radical (unpaired) electrons. The lowest BCUT2D eigenvalue weighted by Crippen LogP contribution is -2.45. The molecule has 2 atom stereocenters. The number of carbonyl (C=O) groups is 2. The van der Waals surface area contributed by atoms with Crippen LogP contribution >= 0.6 is 0 Å². The van der Waals surface area contributed by atoms with Crippen molar-refractivity contribution in [3.63, 3.8) is 0 Å². The third kappa shape index (κ3) is 69.6. The molecule has 0 rings (SSSR count). The Morgan fingerprint density at radius 1 is 0.325 bits per heavy atom. The maximum Gasteiger partial charge on any atom is 0.305 e. The number of hydrogen-bond acceptors (Lipinski definition) is 5. The smallest absolute Gasteiger partial charge is 0.305 e. The summed E-state index contributed by atoms with van der Waals surface area (Å²) in [7, 11) is 0. The normalized spacial score (nSPS) is 12.5. The molecule has 494 valence electrons. The van der Waals surface area contributed by atoms with Gasteiger partial charge in [-0.2, -0.15) is 0 Å². The summed E-state index contributed by atoms with van der Waals surface area (Å²) in [6, 6.07) is -0.540. The van der Waals surface area contributed by atoms with E-state index in [-0.39, 0.29) is 18.5 Å². The van der Waals surface area contributed by atoms with Gasteiger partial charge >= 0.3 is 5.97 Å². The fraction of sp³-hybridized carbons (Fsp3) is 0.948. The molecule has 0 fully saturated rings. The number of nitrogens with one attached hydrogen (secondary N) is 1. The molecular formula is C77H151NO5. The summed E-state index contributed by atoms with van der Waals surface area (Å²) < 4.78 is 5.50. The third-order valence-electron chi connectivity index (χ3n) is 18.3. The van der Waals surface area contributed by atoms with Gasteiger partial charge in [-0.25, -0.2) is 0 Å². The number of allylic oxidation sites excluding steroid dienone is 2. The molecule has 6 nitrogen and oxygen atoms in total. The first-order valence-corrected chi connectivity index (χ1v) is 38.4. The largest absolute Gasteiger partial charge is 0.466 e. The van der Waals surface area contributed by atoms with Crippen LogP contribution in [-0.2, 0) is 14.3 Å². The number of amides is 1. The molecule has 0 aliphatic heterocycles. The van der Waals surface area contributed by atoms with Crippen LogP contribution in [-0.4, -0.2) is 47.4 Å². The van der Waals surface area contributed by atoms with Gasteiger partial charge in [0.05, 0.1) is 25.4 Å². The lowest BCUT2D eigenvalue weighted by molar-refractivity contribution is -0.143. The van der Waals surface area contributed by atoms with E-state index in [0.29, 0.717) is 25.9 Å². The second kappa shape index (κ2) is 73.1. The predicted octanol–water partition coefficient (Wildman–Crippen LogP) is 25.1. The van der Waals surface area contributed by atoms with E-state index in [1.54, 1.807) is 0 Å². The molecule has 0 saturated carbocycles. The lowest BCUT2D eigenvalue weighted by atomic mass is 10.0. The van der Waals surface area contributed by atoms with Crippen LogP contribution in [0.25, 0.3) is 0 Å². The molecule has 0 aliphatic carbocycles. The Morgan fingerprint density at radius 3 is 0.855 bits per heavy atom. The molecule has 0 heterocycles. The summed E-state index contributed by atoms with van der Waals surface area (Å²) in [5, 5.41) is 23.5. The SMILES string of the molecule is CCCCCCCC/C=C\CCCCCCCC(=O)OCCCCCCCCCCCCCCCCCCCCCCCCCCCCCC(=O)NC(CO)C(O)CCCCCCCCCCCCCCCCCCCCCCCCCC. The zero-order valence-electron chi connectivity index (χ0n) is 56.7. The van der Waals surface area contributed by atoms with E-state index < -0.39 is 12.1 Å². The van der Waals surface area contributed by atoms with E-state index in [0.717, 1.165) is 44.9 Å². The Kier molecular flexibility index (Phi) is 71.8. The van der Waals surface area contributed by atoms with Gasteiger partial charge in [-0.1, -0.05) is 392 Å². The molecule has 83 heavy (non-hydrogen) atoms. The topological polar surface area (TPSA) is 95.9 Å². The van der Waals surface area contributed by atoms with E-state index in [2.05, 4.69) is 31.3 Å². The average Bonchev–Trinajstić information content (AvgIpc) is 3.48. The van der Waals surface area contributed by atoms with Gasteiger partial charge < -0.3 is 20.3 Å². The van der Waals surface area contributed by atoms with Crippen molar-refractivity contribution in [2.24, 2.45) is 0 Å². The van der Waals surface area contributed by atoms with Crippen molar-refractivity contribution in [1.29, 1.82) is 0 Å². The second-order valence-corrected chi connectivity index (χ2v) is 26.7. The molecule has 0 aromatic heterocycles. The minimum atomic E-state index is -0.663. The first-order valence-electron chi connectivity index (χ1n) is 38.4. The highest BCUT2D eigenvalue weighted by Gasteiger charge is 2.20. The third-order valence-corrected chi connectivity index (χ3v) is 18.3. The van der Waals surface area contributed by atoms with Gasteiger partial charge in [0.25, 0.3) is 0 Å². The quantitative estimate of drug-likeness (QED) is 0.0320. The van der Waals surface area contributed by atoms with Crippen LogP contribution in [0.2, 0.25) is 0 Å². The minimum Gasteiger partial charge on any atom is -0.466 e. The zero-order valence-corrected chi connectivity index (χ0v) is 56.7. The Bertz CT molecular complexity index is 1260. The molecular weight excluding hydrogens is 1020 g/mol. The highest BCUT2D eigenvalue weighted by Crippen LogP contribution is 2.20. The lowest BCUT2D eigenvalue weighted by Gasteiger charge is -2.22. The van der Waals surface area contributed by atoms with Crippen LogP contribution in [0.4, 0.5) is 0 Å². The number of esters is 1. The van der Waals surface area contributed by atoms with Gasteiger partial charge in [0.1, 0.15) is 0 Å². The maximum atomic E-state index is 12.6. The monoisotopic (exact) mass is 1170 g/mol. The highest BCUT2D eigenvalue weighted by molar-refractivity contribution is 5.76. The number of ether oxygens (including phenoxy) is 1. The summed E-state index contributed by atoms with van der Waals surface area (Å²) in [6.45, 7) is 5.00. The molecule has 0 bridgehead atoms. The Balaban J connectivity index is 3.35. The molecule has 0 aliphatic rings. The van der Waals surface area contributed by atoms with Crippen LogP contribution in [0.5, 0.6) is 0 Å². The molecule has 0 saturated heterocycles. The van der Waals surface area contributed by atoms with E-state index in [4.69, 9.17) is 4.74 Å². The zero-order chi connectivity index (χ0) is 59.9. The summed E-state index contributed by atoms with van der Waals surface area (Å²) in [4.78, 5) is 24.7. The molecule has 1 amide bonds. The Labute approximate surface area is 520 Å². The van der Waals surface area contributed by atoms with Gasteiger partial charge in [-0.15, -0.1) is 0 Å².